The lowest BCUT2D eigenvalue weighted by Gasteiger charge is -2.11. The van der Waals surface area contributed by atoms with Crippen LogP contribution in [0, 0.1) is 0 Å². The highest BCUT2D eigenvalue weighted by Gasteiger charge is 2.10. The van der Waals surface area contributed by atoms with E-state index in [4.69, 9.17) is 21.1 Å². The number of rotatable bonds is 10. The van der Waals surface area contributed by atoms with Crippen molar-refractivity contribution in [2.45, 2.75) is 6.42 Å². The van der Waals surface area contributed by atoms with E-state index < -0.39 is 0 Å². The van der Waals surface area contributed by atoms with E-state index in [9.17, 15) is 14.4 Å². The molecule has 176 valence electrons. The highest BCUT2D eigenvalue weighted by atomic mass is 35.5. The van der Waals surface area contributed by atoms with Crippen LogP contribution in [-0.2, 0) is 9.59 Å². The van der Waals surface area contributed by atoms with E-state index >= 15 is 0 Å². The standard InChI is InChI=1S/C25H24ClN3O5/c1-33-21-7-2-3-8-22(21)34-16-24(31)29-20-6-4-5-19(15-20)28-23(30)13-14-27-25(32)17-9-11-18(26)12-10-17/h2-12,15H,13-14,16H2,1H3,(H,27,32)(H,28,30)(H,29,31). The molecule has 3 rings (SSSR count). The van der Waals surface area contributed by atoms with E-state index in [1.165, 1.54) is 7.11 Å². The summed E-state index contributed by atoms with van der Waals surface area (Å²) in [6.45, 7) is -0.0334. The predicted molar refractivity (Wildman–Crippen MR) is 131 cm³/mol. The second kappa shape index (κ2) is 12.3. The number of para-hydroxylation sites is 2. The summed E-state index contributed by atoms with van der Waals surface area (Å²) >= 11 is 5.81. The smallest absolute Gasteiger partial charge is 0.262 e. The first-order valence-electron chi connectivity index (χ1n) is 10.4. The Morgan fingerprint density at radius 3 is 2.15 bits per heavy atom. The zero-order valence-electron chi connectivity index (χ0n) is 18.5. The summed E-state index contributed by atoms with van der Waals surface area (Å²) in [5, 5.41) is 8.69. The predicted octanol–water partition coefficient (Wildman–Crippen LogP) is 4.12. The van der Waals surface area contributed by atoms with Crippen LogP contribution in [-0.4, -0.2) is 38.0 Å². The average Bonchev–Trinajstić information content (AvgIpc) is 2.83. The number of carbonyl (C=O) groups is 3. The number of hydrogen-bond acceptors (Lipinski definition) is 5. The molecule has 0 heterocycles. The van der Waals surface area contributed by atoms with Crippen molar-refractivity contribution < 1.29 is 23.9 Å². The van der Waals surface area contributed by atoms with E-state index in [-0.39, 0.29) is 37.3 Å². The Morgan fingerprint density at radius 1 is 0.824 bits per heavy atom. The van der Waals surface area contributed by atoms with Crippen LogP contribution in [0.4, 0.5) is 11.4 Å². The van der Waals surface area contributed by atoms with Crippen LogP contribution in [0.5, 0.6) is 11.5 Å². The Balaban J connectivity index is 1.44. The second-order valence-corrected chi connectivity index (χ2v) is 7.57. The van der Waals surface area contributed by atoms with Crippen LogP contribution in [0.25, 0.3) is 0 Å². The highest BCUT2D eigenvalue weighted by molar-refractivity contribution is 6.30. The normalized spacial score (nSPS) is 10.2. The van der Waals surface area contributed by atoms with Crippen molar-refractivity contribution in [3.63, 3.8) is 0 Å². The third kappa shape index (κ3) is 7.53. The Hall–Kier alpha value is -4.04. The number of methoxy groups -OCH3 is 1. The van der Waals surface area contributed by atoms with Gasteiger partial charge in [0.15, 0.2) is 18.1 Å². The largest absolute Gasteiger partial charge is 0.493 e. The van der Waals surface area contributed by atoms with Crippen LogP contribution in [0.15, 0.2) is 72.8 Å². The van der Waals surface area contributed by atoms with E-state index in [1.807, 2.05) is 0 Å². The zero-order valence-corrected chi connectivity index (χ0v) is 19.2. The molecule has 3 amide bonds. The van der Waals surface area contributed by atoms with Gasteiger partial charge in [-0.25, -0.2) is 0 Å². The van der Waals surface area contributed by atoms with Gasteiger partial charge in [0, 0.05) is 34.9 Å². The van der Waals surface area contributed by atoms with Gasteiger partial charge in [0.25, 0.3) is 11.8 Å². The molecule has 0 bridgehead atoms. The van der Waals surface area contributed by atoms with Crippen LogP contribution in [0.1, 0.15) is 16.8 Å². The molecule has 8 nitrogen and oxygen atoms in total. The number of nitrogens with one attached hydrogen (secondary N) is 3. The fourth-order valence-electron chi connectivity index (χ4n) is 2.97. The van der Waals surface area contributed by atoms with Crippen molar-refractivity contribution >= 4 is 40.7 Å². The Labute approximate surface area is 202 Å². The van der Waals surface area contributed by atoms with Gasteiger partial charge in [-0.15, -0.1) is 0 Å². The van der Waals surface area contributed by atoms with Gasteiger partial charge in [0.05, 0.1) is 7.11 Å². The summed E-state index contributed by atoms with van der Waals surface area (Å²) in [5.41, 5.74) is 1.47. The summed E-state index contributed by atoms with van der Waals surface area (Å²) in [6, 6.07) is 20.2. The van der Waals surface area contributed by atoms with Gasteiger partial charge in [0.1, 0.15) is 0 Å². The highest BCUT2D eigenvalue weighted by Crippen LogP contribution is 2.25. The first-order chi connectivity index (χ1) is 16.4. The average molecular weight is 482 g/mol. The molecule has 0 radical (unpaired) electrons. The number of carbonyl (C=O) groups excluding carboxylic acids is 3. The number of halogens is 1. The zero-order chi connectivity index (χ0) is 24.3. The molecule has 0 saturated heterocycles. The van der Waals surface area contributed by atoms with Crippen LogP contribution < -0.4 is 25.4 Å². The van der Waals surface area contributed by atoms with Crippen molar-refractivity contribution in [1.29, 1.82) is 0 Å². The molecule has 0 atom stereocenters. The van der Waals surface area contributed by atoms with E-state index in [0.717, 1.165) is 0 Å². The van der Waals surface area contributed by atoms with Crippen LogP contribution >= 0.6 is 11.6 Å². The summed E-state index contributed by atoms with van der Waals surface area (Å²) in [5.74, 6) is 0.0666. The first kappa shape index (κ1) is 24.6. The summed E-state index contributed by atoms with van der Waals surface area (Å²) in [6.07, 6.45) is 0.0860. The third-order valence-electron chi connectivity index (χ3n) is 4.60. The molecule has 0 aliphatic rings. The maximum Gasteiger partial charge on any atom is 0.262 e. The van der Waals surface area contributed by atoms with Crippen molar-refractivity contribution in [1.82, 2.24) is 5.32 Å². The molecular weight excluding hydrogens is 458 g/mol. The minimum atomic E-state index is -0.362. The molecule has 0 spiro atoms. The molecular formula is C25H24ClN3O5. The number of anilines is 2. The number of benzene rings is 3. The Bertz CT molecular complexity index is 1150. The summed E-state index contributed by atoms with van der Waals surface area (Å²) in [4.78, 5) is 36.6. The fourth-order valence-corrected chi connectivity index (χ4v) is 3.10. The number of ether oxygens (including phenoxy) is 2. The second-order valence-electron chi connectivity index (χ2n) is 7.13. The van der Waals surface area contributed by atoms with Gasteiger partial charge in [-0.3, -0.25) is 14.4 Å². The Kier molecular flexibility index (Phi) is 8.88. The van der Waals surface area contributed by atoms with Gasteiger partial charge in [-0.05, 0) is 54.6 Å². The van der Waals surface area contributed by atoms with Crippen molar-refractivity contribution in [3.8, 4) is 11.5 Å². The van der Waals surface area contributed by atoms with Crippen LogP contribution in [0.2, 0.25) is 5.02 Å². The quantitative estimate of drug-likeness (QED) is 0.404. The number of hydrogen-bond donors (Lipinski definition) is 3. The topological polar surface area (TPSA) is 106 Å². The van der Waals surface area contributed by atoms with E-state index in [0.29, 0.717) is 33.5 Å². The molecule has 34 heavy (non-hydrogen) atoms. The molecule has 3 N–H and O–H groups in total. The molecule has 0 aromatic heterocycles. The molecule has 0 aliphatic heterocycles. The fraction of sp³-hybridized carbons (Fsp3) is 0.160. The maximum absolute atomic E-state index is 12.2. The minimum Gasteiger partial charge on any atom is -0.493 e. The monoisotopic (exact) mass is 481 g/mol. The van der Waals surface area contributed by atoms with Crippen molar-refractivity contribution in [3.05, 3.63) is 83.4 Å². The SMILES string of the molecule is COc1ccccc1OCC(=O)Nc1cccc(NC(=O)CCNC(=O)c2ccc(Cl)cc2)c1. The van der Waals surface area contributed by atoms with Gasteiger partial charge in [-0.2, -0.15) is 0 Å². The van der Waals surface area contributed by atoms with Crippen molar-refractivity contribution in [2.75, 3.05) is 30.9 Å². The molecule has 0 aliphatic carbocycles. The van der Waals surface area contributed by atoms with Crippen LogP contribution in [0.3, 0.4) is 0 Å². The summed E-state index contributed by atoms with van der Waals surface area (Å²) in [7, 11) is 1.52. The van der Waals surface area contributed by atoms with E-state index in [2.05, 4.69) is 16.0 Å². The molecule has 0 unspecified atom stereocenters. The molecule has 0 fully saturated rings. The third-order valence-corrected chi connectivity index (χ3v) is 4.85. The van der Waals surface area contributed by atoms with Gasteiger partial charge >= 0.3 is 0 Å². The molecule has 9 heteroatoms. The lowest BCUT2D eigenvalue weighted by molar-refractivity contribution is -0.118. The minimum absolute atomic E-state index is 0.0860. The summed E-state index contributed by atoms with van der Waals surface area (Å²) < 4.78 is 10.7. The Morgan fingerprint density at radius 2 is 1.47 bits per heavy atom. The van der Waals surface area contributed by atoms with Gasteiger partial charge in [-0.1, -0.05) is 29.8 Å². The van der Waals surface area contributed by atoms with Gasteiger partial charge < -0.3 is 25.4 Å². The molecule has 0 saturated carbocycles. The van der Waals surface area contributed by atoms with E-state index in [1.54, 1.807) is 72.8 Å². The first-order valence-corrected chi connectivity index (χ1v) is 10.8. The van der Waals surface area contributed by atoms with Gasteiger partial charge in [0.2, 0.25) is 5.91 Å². The number of amides is 3. The van der Waals surface area contributed by atoms with Crippen molar-refractivity contribution in [2.24, 2.45) is 0 Å². The molecule has 3 aromatic carbocycles. The lowest BCUT2D eigenvalue weighted by atomic mass is 10.2. The lowest BCUT2D eigenvalue weighted by Crippen LogP contribution is -2.27. The maximum atomic E-state index is 12.2. The molecule has 3 aromatic rings.